The van der Waals surface area contributed by atoms with Crippen molar-refractivity contribution < 1.29 is 0 Å². The third kappa shape index (κ3) is 5.17. The molecule has 0 N–H and O–H groups in total. The van der Waals surface area contributed by atoms with Crippen molar-refractivity contribution in [1.82, 2.24) is 0 Å². The van der Waals surface area contributed by atoms with Gasteiger partial charge in [0.05, 0.1) is 5.34 Å². The molecular formula is C11H16Cl2. The van der Waals surface area contributed by atoms with Crippen LogP contribution in [0.1, 0.15) is 25.0 Å². The van der Waals surface area contributed by atoms with Gasteiger partial charge in [0.2, 0.25) is 0 Å². The van der Waals surface area contributed by atoms with E-state index >= 15 is 0 Å². The van der Waals surface area contributed by atoms with E-state index in [-0.39, 0.29) is 5.34 Å². The second-order valence-electron chi connectivity index (χ2n) is 2.58. The van der Waals surface area contributed by atoms with E-state index < -0.39 is 0 Å². The molecule has 0 spiro atoms. The van der Waals surface area contributed by atoms with E-state index in [1.165, 1.54) is 11.1 Å². The fourth-order valence-electron chi connectivity index (χ4n) is 1.25. The minimum atomic E-state index is 0.194. The van der Waals surface area contributed by atoms with Gasteiger partial charge >= 0.3 is 0 Å². The Morgan fingerprint density at radius 2 is 1.23 bits per heavy atom. The zero-order valence-corrected chi connectivity index (χ0v) is 9.70. The summed E-state index contributed by atoms with van der Waals surface area (Å²) in [5, 5.41) is 0.194. The first-order valence-corrected chi connectivity index (χ1v) is 5.55. The van der Waals surface area contributed by atoms with Crippen molar-refractivity contribution in [3.63, 3.8) is 0 Å². The number of halogens is 2. The minimum absolute atomic E-state index is 0.194. The molecule has 0 bridgehead atoms. The van der Waals surface area contributed by atoms with Gasteiger partial charge in [0.15, 0.2) is 0 Å². The summed E-state index contributed by atoms with van der Waals surface area (Å²) >= 11 is 9.53. The van der Waals surface area contributed by atoms with Gasteiger partial charge < -0.3 is 0 Å². The average Bonchev–Trinajstić information content (AvgIpc) is 2.19. The Bertz CT molecular complexity index is 198. The minimum Gasteiger partial charge on any atom is -0.109 e. The molecule has 0 saturated heterocycles. The average molecular weight is 219 g/mol. The first-order valence-electron chi connectivity index (χ1n) is 4.48. The molecule has 1 rings (SSSR count). The van der Waals surface area contributed by atoms with Crippen LogP contribution in [0, 0.1) is 0 Å². The van der Waals surface area contributed by atoms with E-state index in [1.807, 2.05) is 0 Å². The Morgan fingerprint density at radius 1 is 0.923 bits per heavy atom. The van der Waals surface area contributed by atoms with Crippen molar-refractivity contribution in [2.45, 2.75) is 26.7 Å². The zero-order chi connectivity index (χ0) is 10.1. The maximum atomic E-state index is 4.76. The van der Waals surface area contributed by atoms with Gasteiger partial charge in [-0.05, 0) is 24.0 Å². The maximum Gasteiger partial charge on any atom is 0.0967 e. The van der Waals surface area contributed by atoms with Crippen molar-refractivity contribution in [2.24, 2.45) is 0 Å². The van der Waals surface area contributed by atoms with E-state index in [2.05, 4.69) is 38.1 Å². The van der Waals surface area contributed by atoms with Crippen molar-refractivity contribution in [2.75, 3.05) is 5.34 Å². The predicted molar refractivity (Wildman–Crippen MR) is 61.8 cm³/mol. The third-order valence-electron chi connectivity index (χ3n) is 1.88. The molecule has 0 saturated carbocycles. The summed E-state index contributed by atoms with van der Waals surface area (Å²) in [6, 6.07) is 8.63. The van der Waals surface area contributed by atoms with Gasteiger partial charge in [-0.2, -0.15) is 0 Å². The zero-order valence-electron chi connectivity index (χ0n) is 8.19. The molecule has 0 amide bonds. The molecule has 74 valence electrons. The van der Waals surface area contributed by atoms with Crippen LogP contribution in [-0.2, 0) is 12.8 Å². The molecule has 0 atom stereocenters. The molecule has 1 aromatic carbocycles. The second-order valence-corrected chi connectivity index (χ2v) is 3.38. The lowest BCUT2D eigenvalue weighted by Gasteiger charge is -2.02. The normalized spacial score (nSPS) is 8.92. The number of rotatable bonds is 2. The molecular weight excluding hydrogens is 203 g/mol. The van der Waals surface area contributed by atoms with Crippen LogP contribution in [0.3, 0.4) is 0 Å². The third-order valence-corrected chi connectivity index (χ3v) is 1.88. The lowest BCUT2D eigenvalue weighted by Crippen LogP contribution is -1.88. The second kappa shape index (κ2) is 8.40. The van der Waals surface area contributed by atoms with Crippen LogP contribution < -0.4 is 0 Å². The van der Waals surface area contributed by atoms with Crippen molar-refractivity contribution in [3.8, 4) is 0 Å². The van der Waals surface area contributed by atoms with E-state index in [9.17, 15) is 0 Å². The highest BCUT2D eigenvalue weighted by Crippen LogP contribution is 2.08. The highest BCUT2D eigenvalue weighted by molar-refractivity contribution is 6.40. The van der Waals surface area contributed by atoms with Crippen molar-refractivity contribution in [3.05, 3.63) is 35.4 Å². The number of aryl methyl sites for hydroxylation is 2. The largest absolute Gasteiger partial charge is 0.109 e. The van der Waals surface area contributed by atoms with Gasteiger partial charge in [-0.3, -0.25) is 0 Å². The molecule has 0 aliphatic rings. The SMILES string of the molecule is CCc1ccccc1CC.ClCCl. The molecule has 13 heavy (non-hydrogen) atoms. The maximum absolute atomic E-state index is 4.76. The summed E-state index contributed by atoms with van der Waals surface area (Å²) in [5.74, 6) is 0. The summed E-state index contributed by atoms with van der Waals surface area (Å²) in [6.07, 6.45) is 2.31. The van der Waals surface area contributed by atoms with Crippen LogP contribution in [0.5, 0.6) is 0 Å². The summed E-state index contributed by atoms with van der Waals surface area (Å²) in [5.41, 5.74) is 2.98. The first-order chi connectivity index (χ1) is 6.29. The molecule has 0 fully saturated rings. The molecule has 1 aromatic rings. The lowest BCUT2D eigenvalue weighted by molar-refractivity contribution is 1.04. The van der Waals surface area contributed by atoms with Crippen molar-refractivity contribution in [1.29, 1.82) is 0 Å². The summed E-state index contributed by atoms with van der Waals surface area (Å²) < 4.78 is 0. The van der Waals surface area contributed by atoms with Crippen molar-refractivity contribution >= 4 is 23.2 Å². The molecule has 0 nitrogen and oxygen atoms in total. The number of hydrogen-bond donors (Lipinski definition) is 0. The van der Waals surface area contributed by atoms with Crippen LogP contribution in [0.15, 0.2) is 24.3 Å². The number of hydrogen-bond acceptors (Lipinski definition) is 0. The molecule has 0 heterocycles. The van der Waals surface area contributed by atoms with Gasteiger partial charge in [-0.15, -0.1) is 23.2 Å². The van der Waals surface area contributed by atoms with E-state index in [0.29, 0.717) is 0 Å². The predicted octanol–water partition coefficient (Wildman–Crippen LogP) is 4.23. The van der Waals surface area contributed by atoms with Crippen LogP contribution in [0.4, 0.5) is 0 Å². The topological polar surface area (TPSA) is 0 Å². The monoisotopic (exact) mass is 218 g/mol. The quantitative estimate of drug-likeness (QED) is 0.653. The lowest BCUT2D eigenvalue weighted by atomic mass is 10.0. The molecule has 0 aliphatic heterocycles. The molecule has 2 heteroatoms. The van der Waals surface area contributed by atoms with E-state index in [0.717, 1.165) is 12.8 Å². The van der Waals surface area contributed by atoms with Gasteiger partial charge in [0, 0.05) is 0 Å². The van der Waals surface area contributed by atoms with Crippen LogP contribution in [0.2, 0.25) is 0 Å². The highest BCUT2D eigenvalue weighted by Gasteiger charge is 1.93. The van der Waals surface area contributed by atoms with Gasteiger partial charge in [0.25, 0.3) is 0 Å². The fourth-order valence-corrected chi connectivity index (χ4v) is 1.25. The summed E-state index contributed by atoms with van der Waals surface area (Å²) in [7, 11) is 0. The van der Waals surface area contributed by atoms with Gasteiger partial charge in [0.1, 0.15) is 0 Å². The van der Waals surface area contributed by atoms with Gasteiger partial charge in [-0.1, -0.05) is 38.1 Å². The molecule has 0 radical (unpaired) electrons. The Hall–Kier alpha value is -0.200. The first kappa shape index (κ1) is 12.8. The fraction of sp³-hybridized carbons (Fsp3) is 0.455. The van der Waals surface area contributed by atoms with Crippen LogP contribution in [-0.4, -0.2) is 5.34 Å². The Labute approximate surface area is 90.9 Å². The van der Waals surface area contributed by atoms with E-state index in [1.54, 1.807) is 0 Å². The molecule has 0 unspecified atom stereocenters. The smallest absolute Gasteiger partial charge is 0.0967 e. The summed E-state index contributed by atoms with van der Waals surface area (Å²) in [4.78, 5) is 0. The Balaban J connectivity index is 0.000000424. The van der Waals surface area contributed by atoms with Crippen LogP contribution >= 0.6 is 23.2 Å². The van der Waals surface area contributed by atoms with Crippen LogP contribution in [0.25, 0.3) is 0 Å². The van der Waals surface area contributed by atoms with Gasteiger partial charge in [-0.25, -0.2) is 0 Å². The molecule has 0 aromatic heterocycles. The standard InChI is InChI=1S/C10H14.CH2Cl2/c1-3-9-7-5-6-8-10(9)4-2;2-1-3/h5-8H,3-4H2,1-2H3;1H2. The molecule has 0 aliphatic carbocycles. The number of benzene rings is 1. The summed E-state index contributed by atoms with van der Waals surface area (Å²) in [6.45, 7) is 4.41. The van der Waals surface area contributed by atoms with E-state index in [4.69, 9.17) is 23.2 Å². The Morgan fingerprint density at radius 3 is 1.46 bits per heavy atom. The number of alkyl halides is 2. The highest BCUT2D eigenvalue weighted by atomic mass is 35.5. The Kier molecular flexibility index (Phi) is 8.27.